The third kappa shape index (κ3) is 3.04. The summed E-state index contributed by atoms with van der Waals surface area (Å²) in [6, 6.07) is 9.59. The minimum Gasteiger partial charge on any atom is -0.463 e. The normalized spacial score (nSPS) is 17.1. The van der Waals surface area contributed by atoms with Crippen molar-refractivity contribution in [2.75, 3.05) is 6.61 Å². The fourth-order valence-corrected chi connectivity index (χ4v) is 3.41. The van der Waals surface area contributed by atoms with E-state index < -0.39 is 11.9 Å². The molecule has 0 saturated carbocycles. The van der Waals surface area contributed by atoms with Crippen LogP contribution in [-0.4, -0.2) is 17.6 Å². The number of hydrogen-bond acceptors (Lipinski definition) is 6. The van der Waals surface area contributed by atoms with Crippen LogP contribution in [0.25, 0.3) is 10.9 Å². The molecule has 0 fully saturated rings. The topological polar surface area (TPSA) is 98.2 Å². The number of pyridine rings is 1. The molecule has 2 heterocycles. The Morgan fingerprint density at radius 3 is 2.96 bits per heavy atom. The van der Waals surface area contributed by atoms with Crippen molar-refractivity contribution in [3.8, 4) is 6.07 Å². The van der Waals surface area contributed by atoms with Crippen molar-refractivity contribution in [2.45, 2.75) is 19.8 Å². The Kier molecular flexibility index (Phi) is 4.96. The van der Waals surface area contributed by atoms with Crippen molar-refractivity contribution >= 4 is 32.8 Å². The van der Waals surface area contributed by atoms with Crippen molar-refractivity contribution in [1.82, 2.24) is 4.98 Å². The number of nitrogens with two attached hydrogens (primary N) is 1. The van der Waals surface area contributed by atoms with Gasteiger partial charge in [0.05, 0.1) is 23.6 Å². The van der Waals surface area contributed by atoms with Gasteiger partial charge in [0, 0.05) is 16.1 Å². The molecule has 2 aromatic rings. The van der Waals surface area contributed by atoms with E-state index in [2.05, 4.69) is 27.0 Å². The van der Waals surface area contributed by atoms with Gasteiger partial charge in [-0.1, -0.05) is 18.2 Å². The number of esters is 1. The average Bonchev–Trinajstić information content (AvgIpc) is 2.60. The number of fused-ring (bicyclic) bond motifs is 1. The van der Waals surface area contributed by atoms with Gasteiger partial charge >= 0.3 is 5.97 Å². The van der Waals surface area contributed by atoms with Gasteiger partial charge in [-0.2, -0.15) is 5.26 Å². The molecule has 1 aromatic carbocycles. The van der Waals surface area contributed by atoms with Crippen LogP contribution in [0.1, 0.15) is 25.3 Å². The average molecular weight is 414 g/mol. The molecule has 1 aromatic heterocycles. The molecule has 7 heteroatoms. The maximum atomic E-state index is 12.6. The van der Waals surface area contributed by atoms with Crippen LogP contribution in [0.5, 0.6) is 0 Å². The first-order valence-electron chi connectivity index (χ1n) is 7.97. The lowest BCUT2D eigenvalue weighted by molar-refractivity contribution is -0.139. The van der Waals surface area contributed by atoms with Gasteiger partial charge in [-0.3, -0.25) is 4.98 Å². The predicted octanol–water partition coefficient (Wildman–Crippen LogP) is 3.64. The van der Waals surface area contributed by atoms with Gasteiger partial charge < -0.3 is 15.2 Å². The number of ether oxygens (including phenoxy) is 2. The van der Waals surface area contributed by atoms with E-state index in [-0.39, 0.29) is 23.6 Å². The zero-order valence-corrected chi connectivity index (χ0v) is 15.8. The Labute approximate surface area is 159 Å². The lowest BCUT2D eigenvalue weighted by Gasteiger charge is -2.27. The van der Waals surface area contributed by atoms with Crippen molar-refractivity contribution < 1.29 is 14.3 Å². The number of carbonyl (C=O) groups is 1. The zero-order chi connectivity index (χ0) is 18.8. The summed E-state index contributed by atoms with van der Waals surface area (Å²) in [6.07, 6.45) is 1.67. The Balaban J connectivity index is 2.29. The maximum absolute atomic E-state index is 12.6. The summed E-state index contributed by atoms with van der Waals surface area (Å²) in [5.74, 6) is -0.939. The number of nitrogens with zero attached hydrogens (tertiary/aromatic N) is 2. The number of para-hydroxylation sites is 1. The predicted molar refractivity (Wildman–Crippen MR) is 99.4 cm³/mol. The minimum atomic E-state index is -0.704. The highest BCUT2D eigenvalue weighted by Crippen LogP contribution is 2.41. The summed E-state index contributed by atoms with van der Waals surface area (Å²) in [7, 11) is 0. The second kappa shape index (κ2) is 7.18. The molecule has 1 unspecified atom stereocenters. The number of benzene rings is 1. The highest BCUT2D eigenvalue weighted by Gasteiger charge is 2.37. The molecular weight excluding hydrogens is 398 g/mol. The monoisotopic (exact) mass is 413 g/mol. The summed E-state index contributed by atoms with van der Waals surface area (Å²) in [5.41, 5.74) is 7.73. The molecule has 6 nitrogen and oxygen atoms in total. The van der Waals surface area contributed by atoms with Crippen molar-refractivity contribution in [3.63, 3.8) is 0 Å². The van der Waals surface area contributed by atoms with Gasteiger partial charge in [-0.15, -0.1) is 0 Å². The van der Waals surface area contributed by atoms with Crippen LogP contribution in [0.4, 0.5) is 0 Å². The van der Waals surface area contributed by atoms with E-state index in [1.54, 1.807) is 20.0 Å². The molecule has 0 amide bonds. The summed E-state index contributed by atoms with van der Waals surface area (Å²) in [4.78, 5) is 17.1. The fraction of sp³-hybridized carbons (Fsp3) is 0.211. The van der Waals surface area contributed by atoms with Gasteiger partial charge in [0.15, 0.2) is 0 Å². The van der Waals surface area contributed by atoms with Crippen LogP contribution >= 0.6 is 15.9 Å². The first-order chi connectivity index (χ1) is 12.5. The first-order valence-corrected chi connectivity index (χ1v) is 8.76. The molecular formula is C19H16BrN3O3. The molecule has 1 aliphatic rings. The number of nitriles is 1. The third-order valence-electron chi connectivity index (χ3n) is 4.12. The summed E-state index contributed by atoms with van der Waals surface area (Å²) >= 11 is 3.41. The van der Waals surface area contributed by atoms with Crippen LogP contribution < -0.4 is 5.73 Å². The lowest BCUT2D eigenvalue weighted by Crippen LogP contribution is -2.25. The molecule has 0 spiro atoms. The molecule has 132 valence electrons. The highest BCUT2D eigenvalue weighted by atomic mass is 79.9. The number of allylic oxidation sites excluding steroid dienone is 2. The summed E-state index contributed by atoms with van der Waals surface area (Å²) < 4.78 is 11.5. The Morgan fingerprint density at radius 1 is 1.50 bits per heavy atom. The van der Waals surface area contributed by atoms with Crippen LogP contribution in [0, 0.1) is 11.3 Å². The molecule has 0 bridgehead atoms. The van der Waals surface area contributed by atoms with E-state index >= 15 is 0 Å². The van der Waals surface area contributed by atoms with E-state index in [0.29, 0.717) is 16.8 Å². The molecule has 1 aliphatic heterocycles. The summed E-state index contributed by atoms with van der Waals surface area (Å²) in [5, 5.41) is 10.5. The minimum absolute atomic E-state index is 0.0165. The van der Waals surface area contributed by atoms with E-state index in [4.69, 9.17) is 15.2 Å². The largest absolute Gasteiger partial charge is 0.463 e. The number of halogens is 1. The molecule has 2 N–H and O–H groups in total. The lowest BCUT2D eigenvalue weighted by atomic mass is 9.82. The van der Waals surface area contributed by atoms with Crippen LogP contribution in [0.3, 0.4) is 0 Å². The molecule has 0 radical (unpaired) electrons. The van der Waals surface area contributed by atoms with Crippen LogP contribution in [0.2, 0.25) is 0 Å². The molecule has 0 aliphatic carbocycles. The molecule has 1 atom stereocenters. The smallest absolute Gasteiger partial charge is 0.338 e. The Bertz CT molecular complexity index is 1000. The fourth-order valence-electron chi connectivity index (χ4n) is 3.06. The van der Waals surface area contributed by atoms with E-state index in [9.17, 15) is 10.1 Å². The quantitative estimate of drug-likeness (QED) is 0.771. The van der Waals surface area contributed by atoms with Crippen LogP contribution in [-0.2, 0) is 14.3 Å². The van der Waals surface area contributed by atoms with Crippen LogP contribution in [0.15, 0.2) is 57.7 Å². The van der Waals surface area contributed by atoms with Gasteiger partial charge in [-0.05, 0) is 41.4 Å². The van der Waals surface area contributed by atoms with Gasteiger partial charge in [-0.25, -0.2) is 4.79 Å². The second-order valence-corrected chi connectivity index (χ2v) is 6.60. The number of carbonyl (C=O) groups excluding carboxylic acids is 1. The van der Waals surface area contributed by atoms with E-state index in [0.717, 1.165) is 9.86 Å². The first kappa shape index (κ1) is 18.0. The van der Waals surface area contributed by atoms with E-state index in [1.165, 1.54) is 0 Å². The number of aromatic nitrogens is 1. The highest BCUT2D eigenvalue weighted by molar-refractivity contribution is 9.10. The second-order valence-electron chi connectivity index (χ2n) is 5.69. The zero-order valence-electron chi connectivity index (χ0n) is 14.2. The van der Waals surface area contributed by atoms with Gasteiger partial charge in [0.2, 0.25) is 5.88 Å². The number of rotatable bonds is 3. The maximum Gasteiger partial charge on any atom is 0.338 e. The third-order valence-corrected chi connectivity index (χ3v) is 4.55. The van der Waals surface area contributed by atoms with Gasteiger partial charge in [0.25, 0.3) is 0 Å². The van der Waals surface area contributed by atoms with Gasteiger partial charge in [0.1, 0.15) is 17.4 Å². The van der Waals surface area contributed by atoms with Crippen molar-refractivity contribution in [2.24, 2.45) is 5.73 Å². The standard InChI is InChI=1S/C19H16BrN3O3/c1-3-25-19(24)15-10(2)26-18(22)14(8-21)16(15)13-6-4-5-11-7-12(20)9-23-17(11)13/h4-7,9,16H,3,22H2,1-2H3. The molecule has 3 rings (SSSR count). The van der Waals surface area contributed by atoms with E-state index in [1.807, 2.05) is 24.3 Å². The summed E-state index contributed by atoms with van der Waals surface area (Å²) in [6.45, 7) is 3.57. The Hall–Kier alpha value is -2.85. The number of hydrogen-bond donors (Lipinski definition) is 1. The molecule has 26 heavy (non-hydrogen) atoms. The Morgan fingerprint density at radius 2 is 2.27 bits per heavy atom. The SMILES string of the molecule is CCOC(=O)C1=C(C)OC(N)=C(C#N)C1c1cccc2cc(Br)cnc12. The van der Waals surface area contributed by atoms with Crippen molar-refractivity contribution in [1.29, 1.82) is 5.26 Å². The van der Waals surface area contributed by atoms with Crippen molar-refractivity contribution in [3.05, 3.63) is 63.3 Å². The molecule has 0 saturated heterocycles.